The van der Waals surface area contributed by atoms with Gasteiger partial charge in [0, 0.05) is 13.1 Å². The number of rotatable bonds is 4. The van der Waals surface area contributed by atoms with Crippen LogP contribution in [0.2, 0.25) is 0 Å². The van der Waals surface area contributed by atoms with Gasteiger partial charge < -0.3 is 9.64 Å². The Morgan fingerprint density at radius 1 is 1.40 bits per heavy atom. The Kier molecular flexibility index (Phi) is 4.52. The topological polar surface area (TPSA) is 38.2 Å². The Morgan fingerprint density at radius 2 is 2.15 bits per heavy atom. The van der Waals surface area contributed by atoms with E-state index < -0.39 is 11.8 Å². The van der Waals surface area contributed by atoms with Crippen molar-refractivity contribution in [3.05, 3.63) is 18.1 Å². The van der Waals surface area contributed by atoms with E-state index in [9.17, 15) is 8.78 Å². The lowest BCUT2D eigenvalue weighted by Gasteiger charge is -2.37. The highest BCUT2D eigenvalue weighted by atomic mass is 19.2. The molecule has 0 radical (unpaired) electrons. The Hall–Kier alpha value is -1.30. The van der Waals surface area contributed by atoms with Crippen molar-refractivity contribution in [1.29, 1.82) is 0 Å². The Labute approximate surface area is 118 Å². The molecule has 0 bridgehead atoms. The first-order chi connectivity index (χ1) is 9.43. The third kappa shape index (κ3) is 3.42. The van der Waals surface area contributed by atoms with Crippen LogP contribution in [0.5, 0.6) is 0 Å². The van der Waals surface area contributed by atoms with Gasteiger partial charge in [-0.1, -0.05) is 0 Å². The molecule has 0 aromatic carbocycles. The van der Waals surface area contributed by atoms with Crippen LogP contribution in [0.15, 0.2) is 6.33 Å². The number of aromatic nitrogens is 2. The lowest BCUT2D eigenvalue weighted by Crippen LogP contribution is -2.40. The minimum atomic E-state index is -1.10. The highest BCUT2D eigenvalue weighted by Crippen LogP contribution is 2.29. The van der Waals surface area contributed by atoms with Gasteiger partial charge in [0.15, 0.2) is 5.82 Å². The molecule has 1 fully saturated rings. The van der Waals surface area contributed by atoms with E-state index in [0.717, 1.165) is 19.2 Å². The normalized spacial score (nSPS) is 21.8. The molecule has 6 heteroatoms. The maximum Gasteiger partial charge on any atom is 0.254 e. The van der Waals surface area contributed by atoms with Gasteiger partial charge in [-0.3, -0.25) is 0 Å². The second-order valence-corrected chi connectivity index (χ2v) is 5.82. The van der Waals surface area contributed by atoms with Gasteiger partial charge in [0.05, 0.1) is 12.2 Å². The smallest absolute Gasteiger partial charge is 0.254 e. The van der Waals surface area contributed by atoms with E-state index in [2.05, 4.69) is 23.8 Å². The average molecular weight is 285 g/mol. The summed E-state index contributed by atoms with van der Waals surface area (Å²) in [5.74, 6) is -1.74. The lowest BCUT2D eigenvalue weighted by atomic mass is 9.91. The monoisotopic (exact) mass is 285 g/mol. The van der Waals surface area contributed by atoms with Gasteiger partial charge in [-0.15, -0.1) is 0 Å². The standard InChI is InChI=1S/C14H21F2N3O/c1-4-19(13-11(15)12(16)17-9-18-13)7-10-5-6-14(2,3)20-8-10/h9-10H,4-8H2,1-3H3. The predicted molar refractivity (Wildman–Crippen MR) is 72.6 cm³/mol. The highest BCUT2D eigenvalue weighted by Gasteiger charge is 2.29. The molecule has 20 heavy (non-hydrogen) atoms. The summed E-state index contributed by atoms with van der Waals surface area (Å²) >= 11 is 0. The number of hydrogen-bond acceptors (Lipinski definition) is 4. The van der Waals surface area contributed by atoms with Crippen LogP contribution in [-0.2, 0) is 4.74 Å². The van der Waals surface area contributed by atoms with Crippen LogP contribution in [0, 0.1) is 17.7 Å². The lowest BCUT2D eigenvalue weighted by molar-refractivity contribution is -0.0747. The molecule has 1 aliphatic rings. The van der Waals surface area contributed by atoms with E-state index in [-0.39, 0.29) is 11.4 Å². The van der Waals surface area contributed by atoms with E-state index >= 15 is 0 Å². The van der Waals surface area contributed by atoms with Gasteiger partial charge in [-0.2, -0.15) is 8.78 Å². The molecule has 1 aromatic heterocycles. The van der Waals surface area contributed by atoms with Crippen LogP contribution < -0.4 is 4.90 Å². The summed E-state index contributed by atoms with van der Waals surface area (Å²) in [4.78, 5) is 8.82. The maximum atomic E-state index is 13.7. The fourth-order valence-corrected chi connectivity index (χ4v) is 2.43. The minimum absolute atomic E-state index is 0.0323. The molecule has 2 heterocycles. The van der Waals surface area contributed by atoms with Crippen LogP contribution in [-0.4, -0.2) is 35.3 Å². The van der Waals surface area contributed by atoms with Crippen LogP contribution in [0.3, 0.4) is 0 Å². The van der Waals surface area contributed by atoms with Crippen molar-refractivity contribution < 1.29 is 13.5 Å². The van der Waals surface area contributed by atoms with Gasteiger partial charge in [0.2, 0.25) is 5.82 Å². The molecule has 0 spiro atoms. The molecule has 0 amide bonds. The molecule has 1 aliphatic heterocycles. The zero-order valence-corrected chi connectivity index (χ0v) is 12.2. The molecule has 0 N–H and O–H groups in total. The molecule has 1 unspecified atom stereocenters. The van der Waals surface area contributed by atoms with Gasteiger partial charge in [0.25, 0.3) is 5.95 Å². The SMILES string of the molecule is CCN(CC1CCC(C)(C)OC1)c1ncnc(F)c1F. The molecular formula is C14H21F2N3O. The van der Waals surface area contributed by atoms with Crippen molar-refractivity contribution in [3.63, 3.8) is 0 Å². The first-order valence-corrected chi connectivity index (χ1v) is 6.98. The van der Waals surface area contributed by atoms with Gasteiger partial charge >= 0.3 is 0 Å². The summed E-state index contributed by atoms with van der Waals surface area (Å²) in [6.07, 6.45) is 3.03. The largest absolute Gasteiger partial charge is 0.375 e. The van der Waals surface area contributed by atoms with Crippen molar-refractivity contribution in [1.82, 2.24) is 9.97 Å². The van der Waals surface area contributed by atoms with E-state index in [1.807, 2.05) is 6.92 Å². The number of anilines is 1. The quantitative estimate of drug-likeness (QED) is 0.797. The van der Waals surface area contributed by atoms with Crippen molar-refractivity contribution in [2.24, 2.45) is 5.92 Å². The number of nitrogens with zero attached hydrogens (tertiary/aromatic N) is 3. The van der Waals surface area contributed by atoms with Crippen molar-refractivity contribution in [3.8, 4) is 0 Å². The third-order valence-corrected chi connectivity index (χ3v) is 3.75. The minimum Gasteiger partial charge on any atom is -0.375 e. The third-order valence-electron chi connectivity index (χ3n) is 3.75. The maximum absolute atomic E-state index is 13.7. The molecule has 1 saturated heterocycles. The Morgan fingerprint density at radius 3 is 2.75 bits per heavy atom. The second kappa shape index (κ2) is 5.99. The summed E-state index contributed by atoms with van der Waals surface area (Å²) in [7, 11) is 0. The van der Waals surface area contributed by atoms with Crippen LogP contribution in [0.25, 0.3) is 0 Å². The van der Waals surface area contributed by atoms with Crippen molar-refractivity contribution in [2.75, 3.05) is 24.6 Å². The van der Waals surface area contributed by atoms with Crippen molar-refractivity contribution >= 4 is 5.82 Å². The average Bonchev–Trinajstić information content (AvgIpc) is 2.41. The van der Waals surface area contributed by atoms with Gasteiger partial charge in [-0.05, 0) is 39.5 Å². The summed E-state index contributed by atoms with van der Waals surface area (Å²) in [5, 5.41) is 0. The predicted octanol–water partition coefficient (Wildman–Crippen LogP) is 2.79. The zero-order chi connectivity index (χ0) is 14.8. The molecule has 112 valence electrons. The van der Waals surface area contributed by atoms with Crippen molar-refractivity contribution in [2.45, 2.75) is 39.2 Å². The Balaban J connectivity index is 2.05. The molecule has 1 atom stereocenters. The zero-order valence-electron chi connectivity index (χ0n) is 12.2. The van der Waals surface area contributed by atoms with E-state index in [1.165, 1.54) is 0 Å². The number of hydrogen-bond donors (Lipinski definition) is 0. The van der Waals surface area contributed by atoms with E-state index in [1.54, 1.807) is 4.90 Å². The molecule has 2 rings (SSSR count). The van der Waals surface area contributed by atoms with Gasteiger partial charge in [0.1, 0.15) is 6.33 Å². The van der Waals surface area contributed by atoms with E-state index in [0.29, 0.717) is 25.6 Å². The number of halogens is 2. The first kappa shape index (κ1) is 15.1. The number of ether oxygens (including phenoxy) is 1. The molecule has 1 aromatic rings. The fraction of sp³-hybridized carbons (Fsp3) is 0.714. The first-order valence-electron chi connectivity index (χ1n) is 6.98. The van der Waals surface area contributed by atoms with Crippen LogP contribution >= 0.6 is 0 Å². The summed E-state index contributed by atoms with van der Waals surface area (Å²) < 4.78 is 32.7. The Bertz CT molecular complexity index is 458. The van der Waals surface area contributed by atoms with Crippen LogP contribution in [0.1, 0.15) is 33.6 Å². The highest BCUT2D eigenvalue weighted by molar-refractivity contribution is 5.38. The second-order valence-electron chi connectivity index (χ2n) is 5.82. The molecular weight excluding hydrogens is 264 g/mol. The molecule has 4 nitrogen and oxygen atoms in total. The van der Waals surface area contributed by atoms with E-state index in [4.69, 9.17) is 4.74 Å². The summed E-state index contributed by atoms with van der Waals surface area (Å²) in [6, 6.07) is 0. The molecule has 0 aliphatic carbocycles. The fourth-order valence-electron chi connectivity index (χ4n) is 2.43. The summed E-state index contributed by atoms with van der Waals surface area (Å²) in [5.41, 5.74) is -0.0835. The van der Waals surface area contributed by atoms with Gasteiger partial charge in [-0.25, -0.2) is 9.97 Å². The van der Waals surface area contributed by atoms with Crippen LogP contribution in [0.4, 0.5) is 14.6 Å². The summed E-state index contributed by atoms with van der Waals surface area (Å²) in [6.45, 7) is 7.85. The molecule has 0 saturated carbocycles.